The Balaban J connectivity index is 1.69. The molecule has 1 amide bonds. The average molecular weight is 351 g/mol. The molecule has 0 radical (unpaired) electrons. The van der Waals surface area contributed by atoms with Gasteiger partial charge in [0.25, 0.3) is 5.91 Å². The van der Waals surface area contributed by atoms with Crippen molar-refractivity contribution in [3.05, 3.63) is 53.9 Å². The molecule has 6 heteroatoms. The van der Waals surface area contributed by atoms with Gasteiger partial charge in [-0.1, -0.05) is 0 Å². The fraction of sp³-hybridized carbons (Fsp3) is 0.300. The van der Waals surface area contributed by atoms with Crippen LogP contribution in [0.15, 0.2) is 42.7 Å². The van der Waals surface area contributed by atoms with Crippen molar-refractivity contribution in [1.82, 2.24) is 14.9 Å². The van der Waals surface area contributed by atoms with E-state index >= 15 is 0 Å². The summed E-state index contributed by atoms with van der Waals surface area (Å²) in [5.41, 5.74) is 3.37. The molecule has 0 saturated carbocycles. The van der Waals surface area contributed by atoms with Gasteiger partial charge in [-0.2, -0.15) is 0 Å². The van der Waals surface area contributed by atoms with Crippen LogP contribution < -0.4 is 9.47 Å². The van der Waals surface area contributed by atoms with Crippen LogP contribution in [-0.4, -0.2) is 41.5 Å². The molecular weight excluding hydrogens is 330 g/mol. The third-order valence-electron chi connectivity index (χ3n) is 4.98. The Hall–Kier alpha value is -3.02. The number of aromatic amines is 1. The molecule has 0 spiro atoms. The maximum absolute atomic E-state index is 13.2. The number of likely N-dealkylation sites (tertiary alicyclic amines) is 1. The van der Waals surface area contributed by atoms with Crippen LogP contribution in [0.2, 0.25) is 0 Å². The van der Waals surface area contributed by atoms with Crippen LogP contribution in [0.25, 0.3) is 11.0 Å². The van der Waals surface area contributed by atoms with Gasteiger partial charge < -0.3 is 19.4 Å². The lowest BCUT2D eigenvalue weighted by Gasteiger charge is -2.27. The van der Waals surface area contributed by atoms with Crippen molar-refractivity contribution in [3.8, 4) is 11.5 Å². The molecule has 0 aliphatic carbocycles. The molecule has 0 unspecified atom stereocenters. The Labute approximate surface area is 151 Å². The van der Waals surface area contributed by atoms with Gasteiger partial charge in [-0.25, -0.2) is 4.98 Å². The molecule has 1 fully saturated rings. The summed E-state index contributed by atoms with van der Waals surface area (Å²) in [4.78, 5) is 22.4. The van der Waals surface area contributed by atoms with Crippen LogP contribution in [0.4, 0.5) is 0 Å². The number of aromatic nitrogens is 2. The largest absolute Gasteiger partial charge is 0.497 e. The minimum atomic E-state index is -0.0231. The molecule has 26 heavy (non-hydrogen) atoms. The summed E-state index contributed by atoms with van der Waals surface area (Å²) in [7, 11) is 3.29. The predicted molar refractivity (Wildman–Crippen MR) is 98.7 cm³/mol. The number of fused-ring (bicyclic) bond motifs is 1. The number of carbonyl (C=O) groups excluding carboxylic acids is 1. The van der Waals surface area contributed by atoms with Crippen molar-refractivity contribution in [2.75, 3.05) is 20.8 Å². The number of hydrogen-bond donors (Lipinski definition) is 1. The summed E-state index contributed by atoms with van der Waals surface area (Å²) in [6, 6.07) is 11.3. The van der Waals surface area contributed by atoms with E-state index in [9.17, 15) is 4.79 Å². The van der Waals surface area contributed by atoms with Crippen molar-refractivity contribution in [1.29, 1.82) is 0 Å². The molecule has 2 aromatic carbocycles. The highest BCUT2D eigenvalue weighted by Gasteiger charge is 2.32. The van der Waals surface area contributed by atoms with Gasteiger partial charge in [-0.3, -0.25) is 4.79 Å². The van der Waals surface area contributed by atoms with Crippen molar-refractivity contribution in [3.63, 3.8) is 0 Å². The molecule has 1 aliphatic heterocycles. The highest BCUT2D eigenvalue weighted by atomic mass is 16.5. The highest BCUT2D eigenvalue weighted by Crippen LogP contribution is 2.39. The fourth-order valence-corrected chi connectivity index (χ4v) is 3.67. The minimum absolute atomic E-state index is 0.0221. The normalized spacial score (nSPS) is 16.8. The van der Waals surface area contributed by atoms with Crippen LogP contribution in [0.1, 0.15) is 34.8 Å². The second-order valence-corrected chi connectivity index (χ2v) is 6.40. The number of H-pyrrole nitrogens is 1. The molecule has 6 nitrogen and oxygen atoms in total. The third kappa shape index (κ3) is 2.77. The first kappa shape index (κ1) is 16.4. The number of imidazole rings is 1. The molecule has 134 valence electrons. The Kier molecular flexibility index (Phi) is 4.24. The van der Waals surface area contributed by atoms with Crippen molar-refractivity contribution >= 4 is 16.9 Å². The first-order valence-corrected chi connectivity index (χ1v) is 8.67. The molecule has 1 atom stereocenters. The van der Waals surface area contributed by atoms with E-state index in [0.29, 0.717) is 5.56 Å². The molecule has 2 heterocycles. The monoisotopic (exact) mass is 351 g/mol. The van der Waals surface area contributed by atoms with Gasteiger partial charge in [0.05, 0.1) is 37.6 Å². The molecule has 4 rings (SSSR count). The number of hydrogen-bond acceptors (Lipinski definition) is 4. The zero-order valence-corrected chi connectivity index (χ0v) is 14.9. The summed E-state index contributed by atoms with van der Waals surface area (Å²) in [5.74, 6) is 1.56. The molecular formula is C20H21N3O3. The second kappa shape index (κ2) is 6.71. The zero-order chi connectivity index (χ0) is 18.1. The summed E-state index contributed by atoms with van der Waals surface area (Å²) in [6.45, 7) is 0.727. The topological polar surface area (TPSA) is 67.5 Å². The van der Waals surface area contributed by atoms with Gasteiger partial charge in [0.1, 0.15) is 11.5 Å². The van der Waals surface area contributed by atoms with Crippen LogP contribution in [0.3, 0.4) is 0 Å². The maximum Gasteiger partial charge on any atom is 0.254 e. The van der Waals surface area contributed by atoms with Crippen LogP contribution >= 0.6 is 0 Å². The number of nitrogens with one attached hydrogen (secondary N) is 1. The Morgan fingerprint density at radius 1 is 1.19 bits per heavy atom. The summed E-state index contributed by atoms with van der Waals surface area (Å²) in [6.07, 6.45) is 3.50. The first-order valence-electron chi connectivity index (χ1n) is 8.67. The number of methoxy groups -OCH3 is 2. The minimum Gasteiger partial charge on any atom is -0.497 e. The van der Waals surface area contributed by atoms with E-state index in [4.69, 9.17) is 9.47 Å². The molecule has 1 aliphatic rings. The van der Waals surface area contributed by atoms with Crippen LogP contribution in [0.5, 0.6) is 11.5 Å². The summed E-state index contributed by atoms with van der Waals surface area (Å²) < 4.78 is 10.9. The zero-order valence-electron chi connectivity index (χ0n) is 14.9. The van der Waals surface area contributed by atoms with Crippen molar-refractivity contribution < 1.29 is 14.3 Å². The summed E-state index contributed by atoms with van der Waals surface area (Å²) in [5, 5.41) is 0. The molecule has 1 N–H and O–H groups in total. The lowest BCUT2D eigenvalue weighted by atomic mass is 10.0. The lowest BCUT2D eigenvalue weighted by Crippen LogP contribution is -2.30. The van der Waals surface area contributed by atoms with E-state index in [-0.39, 0.29) is 11.9 Å². The number of ether oxygens (including phenoxy) is 2. The quantitative estimate of drug-likeness (QED) is 0.780. The number of carbonyl (C=O) groups is 1. The molecule has 0 bridgehead atoms. The van der Waals surface area contributed by atoms with Crippen molar-refractivity contribution in [2.45, 2.75) is 18.9 Å². The summed E-state index contributed by atoms with van der Waals surface area (Å²) >= 11 is 0. The SMILES string of the molecule is COc1ccc(OC)c([C@@H]2CCCN2C(=O)c2ccc3nc[nH]c3c2)c1. The lowest BCUT2D eigenvalue weighted by molar-refractivity contribution is 0.0734. The van der Waals surface area contributed by atoms with Gasteiger partial charge in [0.15, 0.2) is 0 Å². The molecule has 1 saturated heterocycles. The molecule has 3 aromatic rings. The number of amides is 1. The fourth-order valence-electron chi connectivity index (χ4n) is 3.67. The van der Waals surface area contributed by atoms with E-state index < -0.39 is 0 Å². The molecule has 1 aromatic heterocycles. The van der Waals surface area contributed by atoms with Gasteiger partial charge >= 0.3 is 0 Å². The van der Waals surface area contributed by atoms with Gasteiger partial charge in [-0.05, 0) is 49.2 Å². The third-order valence-corrected chi connectivity index (χ3v) is 4.98. The van der Waals surface area contributed by atoms with Crippen molar-refractivity contribution in [2.24, 2.45) is 0 Å². The maximum atomic E-state index is 13.2. The Bertz CT molecular complexity index is 950. The number of rotatable bonds is 4. The highest BCUT2D eigenvalue weighted by molar-refractivity contribution is 5.97. The predicted octanol–water partition coefficient (Wildman–Crippen LogP) is 3.56. The standard InChI is InChI=1S/C20H21N3O3/c1-25-14-6-8-19(26-2)15(11-14)18-4-3-9-23(18)20(24)13-5-7-16-17(10-13)22-12-21-16/h5-8,10-12,18H,3-4,9H2,1-2H3,(H,21,22)/t18-/m0/s1. The average Bonchev–Trinajstić information content (AvgIpc) is 3.35. The van der Waals surface area contributed by atoms with E-state index in [0.717, 1.165) is 47.5 Å². The van der Waals surface area contributed by atoms with Crippen LogP contribution in [-0.2, 0) is 0 Å². The van der Waals surface area contributed by atoms with Gasteiger partial charge in [-0.15, -0.1) is 0 Å². The smallest absolute Gasteiger partial charge is 0.254 e. The van der Waals surface area contributed by atoms with E-state index in [1.54, 1.807) is 20.5 Å². The first-order chi connectivity index (χ1) is 12.7. The number of benzene rings is 2. The van der Waals surface area contributed by atoms with Gasteiger partial charge in [0, 0.05) is 17.7 Å². The Morgan fingerprint density at radius 2 is 2.08 bits per heavy atom. The van der Waals surface area contributed by atoms with E-state index in [1.165, 1.54) is 0 Å². The van der Waals surface area contributed by atoms with E-state index in [1.807, 2.05) is 41.3 Å². The number of nitrogens with zero attached hydrogens (tertiary/aromatic N) is 2. The van der Waals surface area contributed by atoms with Crippen LogP contribution in [0, 0.1) is 0 Å². The van der Waals surface area contributed by atoms with Gasteiger partial charge in [0.2, 0.25) is 0 Å². The Morgan fingerprint density at radius 3 is 2.88 bits per heavy atom. The van der Waals surface area contributed by atoms with E-state index in [2.05, 4.69) is 9.97 Å². The second-order valence-electron chi connectivity index (χ2n) is 6.40.